The highest BCUT2D eigenvalue weighted by Gasteiger charge is 2.36. The lowest BCUT2D eigenvalue weighted by Crippen LogP contribution is -2.18. The van der Waals surface area contributed by atoms with E-state index in [1.807, 2.05) is 0 Å². The van der Waals surface area contributed by atoms with Crippen molar-refractivity contribution in [2.75, 3.05) is 5.32 Å². The third-order valence-electron chi connectivity index (χ3n) is 4.93. The lowest BCUT2D eigenvalue weighted by Gasteiger charge is -2.10. The van der Waals surface area contributed by atoms with Gasteiger partial charge >= 0.3 is 0 Å². The van der Waals surface area contributed by atoms with Crippen LogP contribution in [0.3, 0.4) is 0 Å². The minimum Gasteiger partial charge on any atom is -0.356 e. The molecule has 29 heavy (non-hydrogen) atoms. The minimum atomic E-state index is -1.93. The first-order valence-corrected chi connectivity index (χ1v) is 9.11. The highest BCUT2D eigenvalue weighted by atomic mass is 35.5. The Bertz CT molecular complexity index is 1270. The minimum absolute atomic E-state index is 0.194. The van der Waals surface area contributed by atoms with Crippen LogP contribution in [0.25, 0.3) is 11.0 Å². The standard InChI is InChI=1S/C20H9Cl2N5O2/c21-13-3-4-14(22)18-17(13)12(19(28)26-18)6-15-11-2-1-10(5-16(11)29-27-15)20(7-23,8-24)9-25/h1-5,12H,6H2,(H,26,28). The fourth-order valence-corrected chi connectivity index (χ4v) is 3.90. The maximum Gasteiger partial charge on any atom is 0.253 e. The van der Waals surface area contributed by atoms with Crippen LogP contribution in [0.2, 0.25) is 10.0 Å². The molecular formula is C20H9Cl2N5O2. The fourth-order valence-electron chi connectivity index (χ4n) is 3.40. The molecule has 0 bridgehead atoms. The quantitative estimate of drug-likeness (QED) is 0.673. The summed E-state index contributed by atoms with van der Waals surface area (Å²) in [6.45, 7) is 0. The van der Waals surface area contributed by atoms with E-state index < -0.39 is 11.3 Å². The first-order valence-electron chi connectivity index (χ1n) is 8.35. The van der Waals surface area contributed by atoms with Crippen molar-refractivity contribution in [3.05, 3.63) is 57.2 Å². The van der Waals surface area contributed by atoms with Crippen LogP contribution >= 0.6 is 23.2 Å². The van der Waals surface area contributed by atoms with Gasteiger partial charge in [-0.2, -0.15) is 15.8 Å². The molecule has 1 atom stereocenters. The Kier molecular flexibility index (Phi) is 4.40. The molecule has 1 aliphatic rings. The molecule has 140 valence electrons. The number of halogens is 2. The summed E-state index contributed by atoms with van der Waals surface area (Å²) < 4.78 is 5.34. The Morgan fingerprint density at radius 2 is 1.79 bits per heavy atom. The fraction of sp³-hybridized carbons (Fsp3) is 0.150. The molecule has 1 aliphatic heterocycles. The van der Waals surface area contributed by atoms with Gasteiger partial charge in [0.2, 0.25) is 5.91 Å². The van der Waals surface area contributed by atoms with Crippen LogP contribution in [0.4, 0.5) is 5.69 Å². The van der Waals surface area contributed by atoms with Gasteiger partial charge in [0.05, 0.1) is 22.3 Å². The van der Waals surface area contributed by atoms with Gasteiger partial charge in [0.25, 0.3) is 5.41 Å². The summed E-state index contributed by atoms with van der Waals surface area (Å²) in [5.41, 5.74) is 0.167. The van der Waals surface area contributed by atoms with Gasteiger partial charge in [0.15, 0.2) is 5.58 Å². The molecule has 0 fully saturated rings. The molecule has 3 aromatic rings. The van der Waals surface area contributed by atoms with E-state index in [0.717, 1.165) is 0 Å². The Labute approximate surface area is 174 Å². The molecule has 4 rings (SSSR count). The number of fused-ring (bicyclic) bond motifs is 2. The summed E-state index contributed by atoms with van der Waals surface area (Å²) in [7, 11) is 0. The Morgan fingerprint density at radius 3 is 2.48 bits per heavy atom. The molecule has 0 saturated carbocycles. The van der Waals surface area contributed by atoms with Crippen LogP contribution in [0.1, 0.15) is 22.7 Å². The van der Waals surface area contributed by atoms with Gasteiger partial charge in [-0.25, -0.2) is 0 Å². The molecule has 1 unspecified atom stereocenters. The van der Waals surface area contributed by atoms with E-state index in [1.165, 1.54) is 12.1 Å². The van der Waals surface area contributed by atoms with E-state index in [-0.39, 0.29) is 17.9 Å². The van der Waals surface area contributed by atoms with Crippen molar-refractivity contribution in [3.63, 3.8) is 0 Å². The van der Waals surface area contributed by atoms with Crippen molar-refractivity contribution in [1.82, 2.24) is 5.16 Å². The van der Waals surface area contributed by atoms with Crippen molar-refractivity contribution in [3.8, 4) is 18.2 Å². The molecular weight excluding hydrogens is 413 g/mol. The van der Waals surface area contributed by atoms with Crippen LogP contribution in [0.5, 0.6) is 0 Å². The Morgan fingerprint density at radius 1 is 1.10 bits per heavy atom. The third-order valence-corrected chi connectivity index (χ3v) is 5.58. The number of nitrogens with zero attached hydrogens (tertiary/aromatic N) is 4. The van der Waals surface area contributed by atoms with E-state index in [1.54, 1.807) is 36.4 Å². The summed E-state index contributed by atoms with van der Waals surface area (Å²) >= 11 is 12.5. The van der Waals surface area contributed by atoms with Crippen LogP contribution in [0, 0.1) is 34.0 Å². The molecule has 1 aromatic heterocycles. The molecule has 1 amide bonds. The van der Waals surface area contributed by atoms with Gasteiger partial charge in [-0.05, 0) is 24.3 Å². The predicted molar refractivity (Wildman–Crippen MR) is 104 cm³/mol. The second-order valence-electron chi connectivity index (χ2n) is 6.49. The number of anilines is 1. The normalized spacial score (nSPS) is 15.3. The second-order valence-corrected chi connectivity index (χ2v) is 7.30. The molecule has 1 N–H and O–H groups in total. The second kappa shape index (κ2) is 6.79. The highest BCUT2D eigenvalue weighted by Crippen LogP contribution is 2.44. The van der Waals surface area contributed by atoms with Crippen LogP contribution < -0.4 is 5.32 Å². The number of hydrogen-bond acceptors (Lipinski definition) is 6. The molecule has 0 spiro atoms. The van der Waals surface area contributed by atoms with Crippen LogP contribution in [-0.2, 0) is 16.6 Å². The average Bonchev–Trinajstić information content (AvgIpc) is 3.29. The third kappa shape index (κ3) is 2.79. The average molecular weight is 422 g/mol. The number of carbonyl (C=O) groups is 1. The van der Waals surface area contributed by atoms with E-state index >= 15 is 0 Å². The zero-order valence-electron chi connectivity index (χ0n) is 14.5. The number of benzene rings is 2. The lowest BCUT2D eigenvalue weighted by molar-refractivity contribution is -0.117. The molecule has 2 heterocycles. The van der Waals surface area contributed by atoms with Gasteiger partial charge in [-0.3, -0.25) is 4.79 Å². The van der Waals surface area contributed by atoms with Gasteiger partial charge in [-0.1, -0.05) is 34.4 Å². The number of hydrogen-bond donors (Lipinski definition) is 1. The summed E-state index contributed by atoms with van der Waals surface area (Å²) in [5.74, 6) is -0.846. The Balaban J connectivity index is 1.75. The van der Waals surface area contributed by atoms with Crippen LogP contribution in [0.15, 0.2) is 34.9 Å². The van der Waals surface area contributed by atoms with Gasteiger partial charge in [0.1, 0.15) is 18.2 Å². The van der Waals surface area contributed by atoms with E-state index in [2.05, 4.69) is 10.5 Å². The molecule has 0 radical (unpaired) electrons. The van der Waals surface area contributed by atoms with Crippen molar-refractivity contribution in [1.29, 1.82) is 15.8 Å². The summed E-state index contributed by atoms with van der Waals surface area (Å²) in [6.07, 6.45) is 0.213. The summed E-state index contributed by atoms with van der Waals surface area (Å²) in [4.78, 5) is 12.5. The molecule has 9 heteroatoms. The lowest BCUT2D eigenvalue weighted by atomic mass is 9.84. The summed E-state index contributed by atoms with van der Waals surface area (Å²) in [6, 6.07) is 13.0. The predicted octanol–water partition coefficient (Wildman–Crippen LogP) is 4.22. The van der Waals surface area contributed by atoms with Gasteiger partial charge < -0.3 is 9.84 Å². The zero-order valence-corrected chi connectivity index (χ0v) is 16.0. The molecule has 2 aromatic carbocycles. The van der Waals surface area contributed by atoms with E-state index in [9.17, 15) is 20.6 Å². The molecule has 7 nitrogen and oxygen atoms in total. The summed E-state index contributed by atoms with van der Waals surface area (Å²) in [5, 5.41) is 36.0. The maximum atomic E-state index is 12.5. The maximum absolute atomic E-state index is 12.5. The van der Waals surface area contributed by atoms with Gasteiger partial charge in [-0.15, -0.1) is 0 Å². The smallest absolute Gasteiger partial charge is 0.253 e. The van der Waals surface area contributed by atoms with Crippen molar-refractivity contribution < 1.29 is 9.32 Å². The molecule has 0 saturated heterocycles. The first kappa shape index (κ1) is 18.8. The number of nitriles is 3. The number of nitrogens with one attached hydrogen (secondary N) is 1. The van der Waals surface area contributed by atoms with Gasteiger partial charge in [0, 0.05) is 28.0 Å². The van der Waals surface area contributed by atoms with Crippen molar-refractivity contribution >= 4 is 45.8 Å². The monoisotopic (exact) mass is 421 g/mol. The van der Waals surface area contributed by atoms with Crippen LogP contribution in [-0.4, -0.2) is 11.1 Å². The number of rotatable bonds is 3. The van der Waals surface area contributed by atoms with Crippen molar-refractivity contribution in [2.45, 2.75) is 17.8 Å². The van der Waals surface area contributed by atoms with Crippen molar-refractivity contribution in [2.24, 2.45) is 0 Å². The Hall–Kier alpha value is -3.57. The molecule has 0 aliphatic carbocycles. The highest BCUT2D eigenvalue weighted by molar-refractivity contribution is 6.37. The van der Waals surface area contributed by atoms with E-state index in [0.29, 0.717) is 38.0 Å². The largest absolute Gasteiger partial charge is 0.356 e. The first-order chi connectivity index (χ1) is 13.9. The SMILES string of the molecule is N#CC(C#N)(C#N)c1ccc2c(CC3C(=O)Nc4c(Cl)ccc(Cl)c43)noc2c1. The zero-order chi connectivity index (χ0) is 20.8. The number of amides is 1. The van der Waals surface area contributed by atoms with E-state index in [4.69, 9.17) is 27.7 Å². The number of aromatic nitrogens is 1. The topological polar surface area (TPSA) is 126 Å². The number of carbonyl (C=O) groups excluding carboxylic acids is 1.